The average Bonchev–Trinajstić information content (AvgIpc) is 2.87. The molecule has 0 bridgehead atoms. The summed E-state index contributed by atoms with van der Waals surface area (Å²) in [5.74, 6) is 2.07. The highest BCUT2D eigenvalue weighted by molar-refractivity contribution is 5.86. The quantitative estimate of drug-likeness (QED) is 0.438. The molecule has 0 fully saturated rings. The maximum atomic E-state index is 13.0. The van der Waals surface area contributed by atoms with Gasteiger partial charge < -0.3 is 23.7 Å². The summed E-state index contributed by atoms with van der Waals surface area (Å²) < 4.78 is 28.1. The maximum Gasteiger partial charge on any atom is 0.285 e. The third-order valence-electron chi connectivity index (χ3n) is 5.09. The second-order valence-corrected chi connectivity index (χ2v) is 7.13. The fraction of sp³-hybridized carbons (Fsp3) is 0.200. The number of amides is 1. The van der Waals surface area contributed by atoms with Crippen LogP contribution in [0.4, 0.5) is 0 Å². The average molecular weight is 448 g/mol. The van der Waals surface area contributed by atoms with E-state index in [0.717, 1.165) is 5.56 Å². The van der Waals surface area contributed by atoms with Crippen LogP contribution in [0.5, 0.6) is 28.7 Å². The smallest absolute Gasteiger partial charge is 0.285 e. The van der Waals surface area contributed by atoms with Gasteiger partial charge in [-0.3, -0.25) is 4.79 Å². The van der Waals surface area contributed by atoms with Crippen LogP contribution in [0, 0.1) is 0 Å². The van der Waals surface area contributed by atoms with E-state index in [1.54, 1.807) is 18.2 Å². The molecule has 0 radical (unpaired) electrons. The van der Waals surface area contributed by atoms with Crippen LogP contribution in [0.2, 0.25) is 0 Å². The zero-order chi connectivity index (χ0) is 23.2. The largest absolute Gasteiger partial charge is 0.493 e. The van der Waals surface area contributed by atoms with E-state index in [1.165, 1.54) is 27.5 Å². The number of hydrazone groups is 1. The molecule has 0 spiro atoms. The Morgan fingerprint density at radius 1 is 0.879 bits per heavy atom. The minimum absolute atomic E-state index is 0.443. The van der Waals surface area contributed by atoms with Crippen molar-refractivity contribution in [2.24, 2.45) is 5.10 Å². The number of hydrogen-bond donors (Lipinski definition) is 1. The van der Waals surface area contributed by atoms with E-state index in [0.29, 0.717) is 34.3 Å². The molecule has 1 amide bonds. The number of nitrogens with zero attached hydrogens (tertiary/aromatic N) is 1. The SMILES string of the molecule is COc1cc(/C=N\NC(=O)[C@H]2Oc3ccccc3O[C@@H]2c2ccccc2)cc(OC)c1OC. The number of carbonyl (C=O) groups is 1. The Hall–Kier alpha value is -4.20. The molecule has 170 valence electrons. The van der Waals surface area contributed by atoms with E-state index in [2.05, 4.69) is 10.5 Å². The Kier molecular flexibility index (Phi) is 6.64. The Morgan fingerprint density at radius 3 is 2.09 bits per heavy atom. The molecular formula is C25H24N2O6. The summed E-state index contributed by atoms with van der Waals surface area (Å²) in [6.45, 7) is 0. The van der Waals surface area contributed by atoms with Gasteiger partial charge in [0.2, 0.25) is 11.9 Å². The van der Waals surface area contributed by atoms with E-state index >= 15 is 0 Å². The van der Waals surface area contributed by atoms with E-state index in [4.69, 9.17) is 23.7 Å². The fourth-order valence-electron chi connectivity index (χ4n) is 3.53. The van der Waals surface area contributed by atoms with Crippen LogP contribution < -0.4 is 29.1 Å². The second-order valence-electron chi connectivity index (χ2n) is 7.13. The minimum Gasteiger partial charge on any atom is -0.493 e. The van der Waals surface area contributed by atoms with Gasteiger partial charge in [0.25, 0.3) is 5.91 Å². The Labute approximate surface area is 191 Å². The van der Waals surface area contributed by atoms with Gasteiger partial charge in [-0.2, -0.15) is 5.10 Å². The van der Waals surface area contributed by atoms with E-state index in [1.807, 2.05) is 48.5 Å². The van der Waals surface area contributed by atoms with Crippen LogP contribution in [-0.4, -0.2) is 39.6 Å². The van der Waals surface area contributed by atoms with Crippen LogP contribution in [-0.2, 0) is 4.79 Å². The van der Waals surface area contributed by atoms with E-state index in [9.17, 15) is 4.79 Å². The van der Waals surface area contributed by atoms with Gasteiger partial charge in [-0.15, -0.1) is 0 Å². The van der Waals surface area contributed by atoms with Crippen LogP contribution >= 0.6 is 0 Å². The van der Waals surface area contributed by atoms with Crippen LogP contribution in [0.1, 0.15) is 17.2 Å². The Bertz CT molecular complexity index is 1120. The number of benzene rings is 3. The standard InChI is InChI=1S/C25H24N2O6/c1-29-20-13-16(14-21(30-2)23(20)31-3)15-26-27-25(28)24-22(17-9-5-4-6-10-17)32-18-11-7-8-12-19(18)33-24/h4-15,22,24H,1-3H3,(H,27,28)/b26-15-/t22-,24+/m1/s1. The van der Waals surface area contributed by atoms with Crippen LogP contribution in [0.25, 0.3) is 0 Å². The molecule has 1 N–H and O–H groups in total. The van der Waals surface area contributed by atoms with Crippen molar-refractivity contribution in [3.8, 4) is 28.7 Å². The molecule has 0 aromatic heterocycles. The summed E-state index contributed by atoms with van der Waals surface area (Å²) in [4.78, 5) is 13.0. The van der Waals surface area contributed by atoms with Crippen molar-refractivity contribution in [2.45, 2.75) is 12.2 Å². The van der Waals surface area contributed by atoms with Crippen LogP contribution in [0.15, 0.2) is 71.8 Å². The number of rotatable bonds is 7. The predicted octanol–water partition coefficient (Wildman–Crippen LogP) is 3.74. The van der Waals surface area contributed by atoms with Crippen molar-refractivity contribution in [2.75, 3.05) is 21.3 Å². The number of ether oxygens (including phenoxy) is 5. The molecule has 1 heterocycles. The third-order valence-corrected chi connectivity index (χ3v) is 5.09. The molecule has 0 saturated carbocycles. The normalized spacial score (nSPS) is 16.8. The number of nitrogens with one attached hydrogen (secondary N) is 1. The lowest BCUT2D eigenvalue weighted by Gasteiger charge is -2.32. The van der Waals surface area contributed by atoms with E-state index in [-0.39, 0.29) is 0 Å². The molecule has 3 aromatic rings. The molecule has 3 aromatic carbocycles. The van der Waals surface area contributed by atoms with Crippen molar-refractivity contribution in [1.82, 2.24) is 5.43 Å². The number of hydrogen-bond acceptors (Lipinski definition) is 7. The van der Waals surface area contributed by atoms with Crippen LogP contribution in [0.3, 0.4) is 0 Å². The number of fused-ring (bicyclic) bond motifs is 1. The van der Waals surface area contributed by atoms with Crippen molar-refractivity contribution in [3.63, 3.8) is 0 Å². The molecule has 0 aliphatic carbocycles. The Balaban J connectivity index is 1.55. The summed E-state index contributed by atoms with van der Waals surface area (Å²) >= 11 is 0. The van der Waals surface area contributed by atoms with Gasteiger partial charge in [0, 0.05) is 5.56 Å². The van der Waals surface area contributed by atoms with Gasteiger partial charge in [0.05, 0.1) is 27.5 Å². The van der Waals surface area contributed by atoms with Crippen molar-refractivity contribution < 1.29 is 28.5 Å². The first-order valence-corrected chi connectivity index (χ1v) is 10.2. The van der Waals surface area contributed by atoms with Gasteiger partial charge in [-0.1, -0.05) is 42.5 Å². The monoisotopic (exact) mass is 448 g/mol. The first-order valence-electron chi connectivity index (χ1n) is 10.2. The second kappa shape index (κ2) is 9.95. The van der Waals surface area contributed by atoms with Gasteiger partial charge in [0.15, 0.2) is 29.1 Å². The lowest BCUT2D eigenvalue weighted by atomic mass is 10.0. The number of carbonyl (C=O) groups excluding carboxylic acids is 1. The molecule has 0 saturated heterocycles. The topological polar surface area (TPSA) is 87.6 Å². The molecular weight excluding hydrogens is 424 g/mol. The van der Waals surface area contributed by atoms with Crippen molar-refractivity contribution in [1.29, 1.82) is 0 Å². The van der Waals surface area contributed by atoms with Crippen molar-refractivity contribution in [3.05, 3.63) is 77.9 Å². The molecule has 4 rings (SSSR count). The first kappa shape index (κ1) is 22.0. The lowest BCUT2D eigenvalue weighted by Crippen LogP contribution is -2.44. The van der Waals surface area contributed by atoms with Gasteiger partial charge in [-0.25, -0.2) is 5.43 Å². The third kappa shape index (κ3) is 4.69. The zero-order valence-corrected chi connectivity index (χ0v) is 18.5. The molecule has 1 aliphatic rings. The van der Waals surface area contributed by atoms with E-state index < -0.39 is 18.1 Å². The van der Waals surface area contributed by atoms with Gasteiger partial charge in [-0.05, 0) is 29.8 Å². The highest BCUT2D eigenvalue weighted by atomic mass is 16.6. The summed E-state index contributed by atoms with van der Waals surface area (Å²) in [6.07, 6.45) is -0.0748. The highest BCUT2D eigenvalue weighted by Crippen LogP contribution is 2.39. The molecule has 0 unspecified atom stereocenters. The Morgan fingerprint density at radius 2 is 1.48 bits per heavy atom. The van der Waals surface area contributed by atoms with Gasteiger partial charge in [0.1, 0.15) is 0 Å². The first-order chi connectivity index (χ1) is 16.1. The molecule has 33 heavy (non-hydrogen) atoms. The highest BCUT2D eigenvalue weighted by Gasteiger charge is 2.38. The maximum absolute atomic E-state index is 13.0. The minimum atomic E-state index is -0.931. The summed E-state index contributed by atoms with van der Waals surface area (Å²) in [5.41, 5.74) is 4.02. The number of methoxy groups -OCH3 is 3. The summed E-state index contributed by atoms with van der Waals surface area (Å²) in [5, 5.41) is 4.10. The zero-order valence-electron chi connectivity index (χ0n) is 18.5. The lowest BCUT2D eigenvalue weighted by molar-refractivity contribution is -0.134. The summed E-state index contributed by atoms with van der Waals surface area (Å²) in [6, 6.07) is 20.1. The van der Waals surface area contributed by atoms with Crippen molar-refractivity contribution >= 4 is 12.1 Å². The molecule has 2 atom stereocenters. The fourth-order valence-corrected chi connectivity index (χ4v) is 3.53. The molecule has 8 nitrogen and oxygen atoms in total. The molecule has 8 heteroatoms. The predicted molar refractivity (Wildman–Crippen MR) is 123 cm³/mol. The summed E-state index contributed by atoms with van der Waals surface area (Å²) in [7, 11) is 4.59. The number of para-hydroxylation sites is 2. The van der Waals surface area contributed by atoms with Gasteiger partial charge >= 0.3 is 0 Å². The molecule has 1 aliphatic heterocycles.